The number of hydrogen-bond acceptors (Lipinski definition) is 3. The highest BCUT2D eigenvalue weighted by Crippen LogP contribution is 2.23. The quantitative estimate of drug-likeness (QED) is 0.922. The van der Waals surface area contributed by atoms with Crippen molar-refractivity contribution in [2.45, 2.75) is 25.4 Å². The summed E-state index contributed by atoms with van der Waals surface area (Å²) in [6.07, 6.45) is 2.29. The van der Waals surface area contributed by atoms with E-state index in [1.807, 2.05) is 17.0 Å². The monoisotopic (exact) mass is 306 g/mol. The summed E-state index contributed by atoms with van der Waals surface area (Å²) in [7, 11) is 0. The van der Waals surface area contributed by atoms with Gasteiger partial charge in [-0.3, -0.25) is 4.79 Å². The summed E-state index contributed by atoms with van der Waals surface area (Å²) in [6, 6.07) is 6.97. The van der Waals surface area contributed by atoms with E-state index in [2.05, 4.69) is 5.32 Å². The first-order valence-electron chi connectivity index (χ1n) is 8.08. The van der Waals surface area contributed by atoms with Gasteiger partial charge >= 0.3 is 0 Å². The van der Waals surface area contributed by atoms with Crippen LogP contribution < -0.4 is 5.32 Å². The van der Waals surface area contributed by atoms with Crippen molar-refractivity contribution >= 4 is 5.91 Å². The van der Waals surface area contributed by atoms with Crippen LogP contribution in [-0.4, -0.2) is 49.7 Å². The molecule has 0 aromatic heterocycles. The molecule has 1 unspecified atom stereocenters. The zero-order valence-corrected chi connectivity index (χ0v) is 12.8. The number of amides is 1. The summed E-state index contributed by atoms with van der Waals surface area (Å²) in [5.74, 6) is 0.422. The van der Waals surface area contributed by atoms with Gasteiger partial charge in [0, 0.05) is 26.2 Å². The molecule has 22 heavy (non-hydrogen) atoms. The molecule has 1 aromatic rings. The van der Waals surface area contributed by atoms with Crippen molar-refractivity contribution in [3.8, 4) is 0 Å². The van der Waals surface area contributed by atoms with E-state index in [4.69, 9.17) is 4.74 Å². The van der Waals surface area contributed by atoms with Crippen molar-refractivity contribution in [1.82, 2.24) is 10.2 Å². The topological polar surface area (TPSA) is 41.6 Å². The Kier molecular flexibility index (Phi) is 5.05. The zero-order chi connectivity index (χ0) is 15.4. The van der Waals surface area contributed by atoms with Crippen molar-refractivity contribution < 1.29 is 13.9 Å². The van der Waals surface area contributed by atoms with Gasteiger partial charge < -0.3 is 15.0 Å². The van der Waals surface area contributed by atoms with Gasteiger partial charge in [-0.15, -0.1) is 0 Å². The predicted octanol–water partition coefficient (Wildman–Crippen LogP) is 1.60. The lowest BCUT2D eigenvalue weighted by molar-refractivity contribution is -0.146. The molecule has 2 heterocycles. The summed E-state index contributed by atoms with van der Waals surface area (Å²) in [5, 5.41) is 3.19. The molecule has 0 radical (unpaired) electrons. The lowest BCUT2D eigenvalue weighted by Gasteiger charge is -2.35. The fourth-order valence-electron chi connectivity index (χ4n) is 3.26. The third-order valence-electron chi connectivity index (χ3n) is 4.60. The van der Waals surface area contributed by atoms with E-state index in [9.17, 15) is 9.18 Å². The number of halogens is 1. The molecule has 0 bridgehead atoms. The first-order chi connectivity index (χ1) is 10.7. The number of nitrogens with one attached hydrogen (secondary N) is 1. The molecular formula is C17H23FN2O2. The number of morpholine rings is 1. The van der Waals surface area contributed by atoms with Crippen LogP contribution in [0.15, 0.2) is 24.3 Å². The number of hydrogen-bond donors (Lipinski definition) is 1. The minimum Gasteiger partial charge on any atom is -0.366 e. The third kappa shape index (κ3) is 3.65. The molecule has 2 aliphatic heterocycles. The van der Waals surface area contributed by atoms with Crippen LogP contribution in [0.1, 0.15) is 18.4 Å². The molecule has 2 fully saturated rings. The number of piperidine rings is 1. The molecule has 0 aliphatic carbocycles. The van der Waals surface area contributed by atoms with Crippen LogP contribution in [0.2, 0.25) is 0 Å². The van der Waals surface area contributed by atoms with Gasteiger partial charge in [0.25, 0.3) is 5.91 Å². The molecule has 1 N–H and O–H groups in total. The summed E-state index contributed by atoms with van der Waals surface area (Å²) < 4.78 is 19.2. The summed E-state index contributed by atoms with van der Waals surface area (Å²) in [5.41, 5.74) is 0.784. The van der Waals surface area contributed by atoms with Gasteiger partial charge in [0.1, 0.15) is 11.9 Å². The number of ether oxygens (including phenoxy) is 1. The van der Waals surface area contributed by atoms with Crippen molar-refractivity contribution in [2.24, 2.45) is 5.92 Å². The van der Waals surface area contributed by atoms with Crippen molar-refractivity contribution in [3.05, 3.63) is 35.6 Å². The summed E-state index contributed by atoms with van der Waals surface area (Å²) >= 11 is 0. The molecule has 0 spiro atoms. The minimum atomic E-state index is -0.336. The molecule has 0 saturated carbocycles. The molecule has 4 nitrogen and oxygen atoms in total. The van der Waals surface area contributed by atoms with Gasteiger partial charge in [-0.2, -0.15) is 0 Å². The van der Waals surface area contributed by atoms with Gasteiger partial charge in [-0.1, -0.05) is 18.2 Å². The van der Waals surface area contributed by atoms with E-state index in [-0.39, 0.29) is 17.8 Å². The standard InChI is InChI=1S/C17H23FN2O2/c18-15-4-2-1-3-14(15)11-13-5-8-20(9-6-13)17(21)16-12-19-7-10-22-16/h1-4,13,16,19H,5-12H2. The van der Waals surface area contributed by atoms with Gasteiger partial charge in [-0.25, -0.2) is 4.39 Å². The average molecular weight is 306 g/mol. The number of nitrogens with zero attached hydrogens (tertiary/aromatic N) is 1. The Morgan fingerprint density at radius 2 is 2.09 bits per heavy atom. The Labute approximate surface area is 130 Å². The Morgan fingerprint density at radius 3 is 2.77 bits per heavy atom. The van der Waals surface area contributed by atoms with Crippen LogP contribution in [0.5, 0.6) is 0 Å². The van der Waals surface area contributed by atoms with Crippen LogP contribution in [0.3, 0.4) is 0 Å². The lowest BCUT2D eigenvalue weighted by Crippen LogP contribution is -2.51. The number of carbonyl (C=O) groups is 1. The predicted molar refractivity (Wildman–Crippen MR) is 82.0 cm³/mol. The van der Waals surface area contributed by atoms with E-state index in [1.54, 1.807) is 6.07 Å². The molecule has 1 atom stereocenters. The number of rotatable bonds is 3. The SMILES string of the molecule is O=C(C1CNCCO1)N1CCC(Cc2ccccc2F)CC1. The third-order valence-corrected chi connectivity index (χ3v) is 4.60. The first kappa shape index (κ1) is 15.4. The van der Waals surface area contributed by atoms with E-state index < -0.39 is 0 Å². The molecule has 2 saturated heterocycles. The Bertz CT molecular complexity index is 509. The first-order valence-corrected chi connectivity index (χ1v) is 8.08. The van der Waals surface area contributed by atoms with E-state index in [1.165, 1.54) is 6.07 Å². The number of carbonyl (C=O) groups excluding carboxylic acids is 1. The zero-order valence-electron chi connectivity index (χ0n) is 12.8. The maximum Gasteiger partial charge on any atom is 0.253 e. The fraction of sp³-hybridized carbons (Fsp3) is 0.588. The van der Waals surface area contributed by atoms with E-state index >= 15 is 0 Å². The maximum absolute atomic E-state index is 13.7. The van der Waals surface area contributed by atoms with Crippen LogP contribution in [-0.2, 0) is 16.0 Å². The van der Waals surface area contributed by atoms with Gasteiger partial charge in [-0.05, 0) is 36.8 Å². The van der Waals surface area contributed by atoms with Gasteiger partial charge in [0.2, 0.25) is 0 Å². The van der Waals surface area contributed by atoms with Crippen LogP contribution in [0.4, 0.5) is 4.39 Å². The summed E-state index contributed by atoms with van der Waals surface area (Å²) in [4.78, 5) is 14.3. The molecule has 1 amide bonds. The molecule has 2 aliphatic rings. The Morgan fingerprint density at radius 1 is 1.32 bits per heavy atom. The molecule has 1 aromatic carbocycles. The molecule has 120 valence electrons. The smallest absolute Gasteiger partial charge is 0.253 e. The Balaban J connectivity index is 1.50. The highest BCUT2D eigenvalue weighted by atomic mass is 19.1. The second-order valence-corrected chi connectivity index (χ2v) is 6.13. The maximum atomic E-state index is 13.7. The number of likely N-dealkylation sites (tertiary alicyclic amines) is 1. The van der Waals surface area contributed by atoms with Crippen LogP contribution in [0, 0.1) is 11.7 Å². The Hall–Kier alpha value is -1.46. The fourth-order valence-corrected chi connectivity index (χ4v) is 3.26. The number of benzene rings is 1. The van der Waals surface area contributed by atoms with E-state index in [0.717, 1.165) is 44.5 Å². The normalized spacial score (nSPS) is 23.5. The van der Waals surface area contributed by atoms with Gasteiger partial charge in [0.05, 0.1) is 6.61 Å². The lowest BCUT2D eigenvalue weighted by atomic mass is 9.90. The van der Waals surface area contributed by atoms with E-state index in [0.29, 0.717) is 19.1 Å². The minimum absolute atomic E-state index is 0.0940. The highest BCUT2D eigenvalue weighted by molar-refractivity contribution is 5.81. The second kappa shape index (κ2) is 7.20. The molecule has 3 rings (SSSR count). The van der Waals surface area contributed by atoms with Gasteiger partial charge in [0.15, 0.2) is 0 Å². The average Bonchev–Trinajstić information content (AvgIpc) is 2.58. The van der Waals surface area contributed by atoms with Crippen molar-refractivity contribution in [2.75, 3.05) is 32.8 Å². The van der Waals surface area contributed by atoms with Crippen molar-refractivity contribution in [3.63, 3.8) is 0 Å². The largest absolute Gasteiger partial charge is 0.366 e. The van der Waals surface area contributed by atoms with Crippen LogP contribution in [0.25, 0.3) is 0 Å². The highest BCUT2D eigenvalue weighted by Gasteiger charge is 2.30. The van der Waals surface area contributed by atoms with Crippen LogP contribution >= 0.6 is 0 Å². The molecule has 5 heteroatoms. The van der Waals surface area contributed by atoms with Crippen molar-refractivity contribution in [1.29, 1.82) is 0 Å². The molecular weight excluding hydrogens is 283 g/mol. The second-order valence-electron chi connectivity index (χ2n) is 6.13. The summed E-state index contributed by atoms with van der Waals surface area (Å²) in [6.45, 7) is 3.51.